The first-order chi connectivity index (χ1) is 13.6. The van der Waals surface area contributed by atoms with Crippen LogP contribution in [0.15, 0.2) is 59.4 Å². The summed E-state index contributed by atoms with van der Waals surface area (Å²) in [6.45, 7) is 2.78. The summed E-state index contributed by atoms with van der Waals surface area (Å²) < 4.78 is 5.44. The van der Waals surface area contributed by atoms with E-state index in [1.807, 2.05) is 30.3 Å². The van der Waals surface area contributed by atoms with Crippen molar-refractivity contribution in [2.45, 2.75) is 31.8 Å². The maximum atomic E-state index is 13.2. The Morgan fingerprint density at radius 3 is 2.50 bits per heavy atom. The van der Waals surface area contributed by atoms with E-state index < -0.39 is 5.60 Å². The van der Waals surface area contributed by atoms with Gasteiger partial charge in [0.25, 0.3) is 5.91 Å². The largest absolute Gasteiger partial charge is 0.389 e. The Bertz CT molecular complexity index is 946. The molecule has 3 heterocycles. The van der Waals surface area contributed by atoms with E-state index in [1.54, 1.807) is 36.4 Å². The van der Waals surface area contributed by atoms with Crippen LogP contribution in [0.3, 0.4) is 0 Å². The predicted octanol–water partition coefficient (Wildman–Crippen LogP) is 3.25. The van der Waals surface area contributed by atoms with Gasteiger partial charge in [0, 0.05) is 37.5 Å². The van der Waals surface area contributed by atoms with Crippen LogP contribution in [0.5, 0.6) is 0 Å². The van der Waals surface area contributed by atoms with Gasteiger partial charge in [-0.3, -0.25) is 9.78 Å². The molecule has 1 amide bonds. The molecular weight excluding hydrogens is 354 g/mol. The molecule has 2 aromatic heterocycles. The van der Waals surface area contributed by atoms with Crippen LogP contribution in [0.25, 0.3) is 11.3 Å². The fraction of sp³-hybridized carbons (Fsp3) is 0.318. The second kappa shape index (κ2) is 7.56. The topological polar surface area (TPSA) is 79.5 Å². The number of piperidine rings is 1. The minimum absolute atomic E-state index is 0.104. The van der Waals surface area contributed by atoms with Crippen molar-refractivity contribution in [1.29, 1.82) is 0 Å². The quantitative estimate of drug-likeness (QED) is 0.755. The third-order valence-corrected chi connectivity index (χ3v) is 5.38. The first kappa shape index (κ1) is 18.4. The number of likely N-dealkylation sites (tertiary alicyclic amines) is 1. The first-order valence-corrected chi connectivity index (χ1v) is 9.48. The van der Waals surface area contributed by atoms with E-state index in [4.69, 9.17) is 4.52 Å². The van der Waals surface area contributed by atoms with E-state index >= 15 is 0 Å². The molecule has 28 heavy (non-hydrogen) atoms. The molecule has 0 unspecified atom stereocenters. The Morgan fingerprint density at radius 2 is 1.82 bits per heavy atom. The summed E-state index contributed by atoms with van der Waals surface area (Å²) in [4.78, 5) is 19.0. The molecule has 4 rings (SSSR count). The highest BCUT2D eigenvalue weighted by Crippen LogP contribution is 2.31. The SMILES string of the molecule is Cc1noc(-c2ccncc2)c1C(=O)N1CCC(O)(Cc2ccccc2)CC1. The molecule has 6 nitrogen and oxygen atoms in total. The number of carbonyl (C=O) groups excluding carboxylic acids is 1. The number of pyridine rings is 1. The van der Waals surface area contributed by atoms with Gasteiger partial charge in [0.05, 0.1) is 11.3 Å². The number of hydrogen-bond donors (Lipinski definition) is 1. The van der Waals surface area contributed by atoms with Crippen molar-refractivity contribution in [3.8, 4) is 11.3 Å². The molecule has 0 radical (unpaired) electrons. The molecule has 6 heteroatoms. The summed E-state index contributed by atoms with van der Waals surface area (Å²) in [6, 6.07) is 13.6. The summed E-state index contributed by atoms with van der Waals surface area (Å²) >= 11 is 0. The number of aromatic nitrogens is 2. The Morgan fingerprint density at radius 1 is 1.14 bits per heavy atom. The van der Waals surface area contributed by atoms with E-state index in [-0.39, 0.29) is 5.91 Å². The van der Waals surface area contributed by atoms with Crippen molar-refractivity contribution in [3.05, 3.63) is 71.7 Å². The Labute approximate surface area is 163 Å². The Kier molecular flexibility index (Phi) is 4.96. The fourth-order valence-corrected chi connectivity index (χ4v) is 3.76. The number of rotatable bonds is 4. The summed E-state index contributed by atoms with van der Waals surface area (Å²) in [6.07, 6.45) is 5.01. The van der Waals surface area contributed by atoms with Crippen LogP contribution >= 0.6 is 0 Å². The minimum atomic E-state index is -0.782. The monoisotopic (exact) mass is 377 g/mol. The third-order valence-electron chi connectivity index (χ3n) is 5.38. The van der Waals surface area contributed by atoms with Gasteiger partial charge in [0.1, 0.15) is 5.56 Å². The molecule has 3 aromatic rings. The van der Waals surface area contributed by atoms with Gasteiger partial charge in [0.2, 0.25) is 0 Å². The molecular formula is C22H23N3O3. The second-order valence-corrected chi connectivity index (χ2v) is 7.39. The molecule has 1 aromatic carbocycles. The van der Waals surface area contributed by atoms with Gasteiger partial charge in [-0.25, -0.2) is 0 Å². The van der Waals surface area contributed by atoms with Gasteiger partial charge < -0.3 is 14.5 Å². The van der Waals surface area contributed by atoms with E-state index in [0.717, 1.165) is 11.1 Å². The zero-order chi connectivity index (χ0) is 19.6. The fourth-order valence-electron chi connectivity index (χ4n) is 3.76. The third kappa shape index (κ3) is 3.68. The highest BCUT2D eigenvalue weighted by Gasteiger charge is 2.36. The molecule has 1 N–H and O–H groups in total. The summed E-state index contributed by atoms with van der Waals surface area (Å²) in [5.74, 6) is 0.363. The Balaban J connectivity index is 1.49. The minimum Gasteiger partial charge on any atom is -0.389 e. The van der Waals surface area contributed by atoms with E-state index in [9.17, 15) is 9.90 Å². The lowest BCUT2D eigenvalue weighted by Gasteiger charge is -2.38. The van der Waals surface area contributed by atoms with Crippen LogP contribution in [-0.4, -0.2) is 44.7 Å². The van der Waals surface area contributed by atoms with Crippen molar-refractivity contribution in [2.75, 3.05) is 13.1 Å². The van der Waals surface area contributed by atoms with Gasteiger partial charge >= 0.3 is 0 Å². The number of aryl methyl sites for hydroxylation is 1. The molecule has 1 saturated heterocycles. The number of hydrogen-bond acceptors (Lipinski definition) is 5. The number of nitrogens with zero attached hydrogens (tertiary/aromatic N) is 3. The van der Waals surface area contributed by atoms with Crippen LogP contribution in [0, 0.1) is 6.92 Å². The van der Waals surface area contributed by atoms with E-state index in [2.05, 4.69) is 10.1 Å². The lowest BCUT2D eigenvalue weighted by atomic mass is 9.85. The van der Waals surface area contributed by atoms with E-state index in [1.165, 1.54) is 0 Å². The number of benzene rings is 1. The number of amides is 1. The average molecular weight is 377 g/mol. The van der Waals surface area contributed by atoms with Crippen molar-refractivity contribution in [3.63, 3.8) is 0 Å². The Hall–Kier alpha value is -2.99. The van der Waals surface area contributed by atoms with Crippen LogP contribution in [0.1, 0.15) is 34.5 Å². The first-order valence-electron chi connectivity index (χ1n) is 9.48. The molecule has 1 fully saturated rings. The van der Waals surface area contributed by atoms with Gasteiger partial charge in [-0.15, -0.1) is 0 Å². The highest BCUT2D eigenvalue weighted by molar-refractivity contribution is 6.00. The molecule has 0 atom stereocenters. The normalized spacial score (nSPS) is 16.1. The van der Waals surface area contributed by atoms with Crippen molar-refractivity contribution < 1.29 is 14.4 Å². The number of carbonyl (C=O) groups is 1. The molecule has 0 bridgehead atoms. The van der Waals surface area contributed by atoms with Crippen LogP contribution < -0.4 is 0 Å². The predicted molar refractivity (Wildman–Crippen MR) is 105 cm³/mol. The maximum absolute atomic E-state index is 13.2. The molecule has 144 valence electrons. The smallest absolute Gasteiger partial charge is 0.259 e. The van der Waals surface area contributed by atoms with Gasteiger partial charge in [-0.1, -0.05) is 35.5 Å². The highest BCUT2D eigenvalue weighted by atomic mass is 16.5. The summed E-state index contributed by atoms with van der Waals surface area (Å²) in [5.41, 5.74) is 2.16. The standard InChI is InChI=1S/C22H23N3O3/c1-16-19(20(28-24-16)18-7-11-23-12-8-18)21(26)25-13-9-22(27,10-14-25)15-17-5-3-2-4-6-17/h2-8,11-12,27H,9-10,13-15H2,1H3. The molecule has 0 aliphatic carbocycles. The summed E-state index contributed by atoms with van der Waals surface area (Å²) in [5, 5.41) is 15.0. The molecule has 1 aliphatic rings. The lowest BCUT2D eigenvalue weighted by molar-refractivity contribution is -0.0162. The maximum Gasteiger partial charge on any atom is 0.259 e. The summed E-state index contributed by atoms with van der Waals surface area (Å²) in [7, 11) is 0. The van der Waals surface area contributed by atoms with Crippen LogP contribution in [0.4, 0.5) is 0 Å². The number of aliphatic hydroxyl groups is 1. The van der Waals surface area contributed by atoms with Crippen molar-refractivity contribution in [2.24, 2.45) is 0 Å². The molecule has 0 saturated carbocycles. The van der Waals surface area contributed by atoms with Gasteiger partial charge in [-0.05, 0) is 37.5 Å². The lowest BCUT2D eigenvalue weighted by Crippen LogP contribution is -2.47. The van der Waals surface area contributed by atoms with Crippen molar-refractivity contribution >= 4 is 5.91 Å². The zero-order valence-electron chi connectivity index (χ0n) is 15.8. The molecule has 1 aliphatic heterocycles. The zero-order valence-corrected chi connectivity index (χ0v) is 15.8. The second-order valence-electron chi connectivity index (χ2n) is 7.39. The average Bonchev–Trinajstić information content (AvgIpc) is 3.11. The van der Waals surface area contributed by atoms with Crippen molar-refractivity contribution in [1.82, 2.24) is 15.0 Å². The van der Waals surface area contributed by atoms with Gasteiger partial charge in [0.15, 0.2) is 5.76 Å². The van der Waals surface area contributed by atoms with Crippen LogP contribution in [-0.2, 0) is 6.42 Å². The van der Waals surface area contributed by atoms with Gasteiger partial charge in [-0.2, -0.15) is 0 Å². The van der Waals surface area contributed by atoms with E-state index in [0.29, 0.717) is 49.4 Å². The van der Waals surface area contributed by atoms with Crippen LogP contribution in [0.2, 0.25) is 0 Å². The molecule has 0 spiro atoms.